The lowest BCUT2D eigenvalue weighted by Crippen LogP contribution is -2.19. The normalized spacial score (nSPS) is 20.8. The predicted molar refractivity (Wildman–Crippen MR) is 63.4 cm³/mol. The van der Waals surface area contributed by atoms with Gasteiger partial charge in [0.05, 0.1) is 0 Å². The highest BCUT2D eigenvalue weighted by Gasteiger charge is 2.17. The highest BCUT2D eigenvalue weighted by atomic mass is 15.1. The molecule has 1 heteroatoms. The van der Waals surface area contributed by atoms with Crippen LogP contribution < -0.4 is 0 Å². The number of hydrogen-bond acceptors (Lipinski definition) is 1. The minimum Gasteiger partial charge on any atom is -0.306 e. The average Bonchev–Trinajstić information content (AvgIpc) is 2.26. The van der Waals surface area contributed by atoms with E-state index in [1.807, 2.05) is 0 Å². The van der Waals surface area contributed by atoms with Gasteiger partial charge in [0.1, 0.15) is 0 Å². The maximum absolute atomic E-state index is 2.46. The summed E-state index contributed by atoms with van der Waals surface area (Å²) in [6, 6.07) is 0. The van der Waals surface area contributed by atoms with Gasteiger partial charge in [-0.05, 0) is 31.7 Å². The zero-order valence-electron chi connectivity index (χ0n) is 10.4. The molecular formula is C13H25N. The molecule has 1 aliphatic heterocycles. The van der Waals surface area contributed by atoms with Crippen LogP contribution in [0.5, 0.6) is 0 Å². The van der Waals surface area contributed by atoms with Gasteiger partial charge in [0.15, 0.2) is 0 Å². The van der Waals surface area contributed by atoms with E-state index < -0.39 is 0 Å². The molecule has 1 rings (SSSR count). The molecule has 0 spiro atoms. The second kappa shape index (κ2) is 4.97. The molecular weight excluding hydrogens is 170 g/mol. The maximum atomic E-state index is 2.46. The van der Waals surface area contributed by atoms with Crippen LogP contribution in [0.1, 0.15) is 40.5 Å². The summed E-state index contributed by atoms with van der Waals surface area (Å²) in [4.78, 5) is 2.46. The van der Waals surface area contributed by atoms with Crippen LogP contribution in [0.15, 0.2) is 11.1 Å². The Morgan fingerprint density at radius 3 is 1.50 bits per heavy atom. The van der Waals surface area contributed by atoms with Gasteiger partial charge in [0.25, 0.3) is 0 Å². The van der Waals surface area contributed by atoms with Gasteiger partial charge in [0.2, 0.25) is 0 Å². The van der Waals surface area contributed by atoms with E-state index in [4.69, 9.17) is 0 Å². The molecule has 0 aromatic carbocycles. The van der Waals surface area contributed by atoms with Crippen molar-refractivity contribution < 1.29 is 0 Å². The van der Waals surface area contributed by atoms with Crippen LogP contribution in [0.2, 0.25) is 0 Å². The molecule has 0 bridgehead atoms. The Morgan fingerprint density at radius 1 is 0.857 bits per heavy atom. The summed E-state index contributed by atoms with van der Waals surface area (Å²) < 4.78 is 0. The van der Waals surface area contributed by atoms with Crippen molar-refractivity contribution in [1.29, 1.82) is 0 Å². The van der Waals surface area contributed by atoms with Gasteiger partial charge in [-0.2, -0.15) is 0 Å². The van der Waals surface area contributed by atoms with E-state index >= 15 is 0 Å². The minimum absolute atomic E-state index is 0.735. The summed E-state index contributed by atoms with van der Waals surface area (Å²) >= 11 is 0. The van der Waals surface area contributed by atoms with Crippen molar-refractivity contribution in [1.82, 2.24) is 4.90 Å². The average molecular weight is 195 g/mol. The van der Waals surface area contributed by atoms with E-state index in [9.17, 15) is 0 Å². The Bertz CT molecular complexity index is 191. The molecule has 0 N–H and O–H groups in total. The van der Waals surface area contributed by atoms with Crippen LogP contribution in [0.4, 0.5) is 0 Å². The van der Waals surface area contributed by atoms with Crippen molar-refractivity contribution >= 4 is 0 Å². The second-order valence-electron chi connectivity index (χ2n) is 5.16. The van der Waals surface area contributed by atoms with Crippen molar-refractivity contribution in [2.24, 2.45) is 11.8 Å². The zero-order valence-corrected chi connectivity index (χ0v) is 10.4. The monoisotopic (exact) mass is 195 g/mol. The molecule has 0 atom stereocenters. The van der Waals surface area contributed by atoms with Crippen LogP contribution >= 0.6 is 0 Å². The molecule has 0 aliphatic carbocycles. The summed E-state index contributed by atoms with van der Waals surface area (Å²) in [6.45, 7) is 11.8. The fourth-order valence-electron chi connectivity index (χ4n) is 2.37. The van der Waals surface area contributed by atoms with E-state index in [1.54, 1.807) is 11.1 Å². The number of rotatable bonds is 2. The molecule has 0 aromatic rings. The third-order valence-corrected chi connectivity index (χ3v) is 3.33. The fraction of sp³-hybridized carbons (Fsp3) is 0.846. The lowest BCUT2D eigenvalue weighted by atomic mass is 9.87. The smallest absolute Gasteiger partial charge is 0.00159 e. The first-order valence-corrected chi connectivity index (χ1v) is 5.92. The summed E-state index contributed by atoms with van der Waals surface area (Å²) in [5.41, 5.74) is 3.45. The fourth-order valence-corrected chi connectivity index (χ4v) is 2.37. The Kier molecular flexibility index (Phi) is 4.18. The third-order valence-electron chi connectivity index (χ3n) is 3.33. The van der Waals surface area contributed by atoms with Gasteiger partial charge >= 0.3 is 0 Å². The molecule has 0 unspecified atom stereocenters. The molecule has 1 heterocycles. The third kappa shape index (κ3) is 2.84. The Labute approximate surface area is 89.2 Å². The van der Waals surface area contributed by atoms with Crippen LogP contribution in [-0.4, -0.2) is 25.0 Å². The predicted octanol–water partition coefficient (Wildman–Crippen LogP) is 3.32. The molecule has 0 radical (unpaired) electrons. The Balaban J connectivity index is 2.86. The quantitative estimate of drug-likeness (QED) is 0.611. The van der Waals surface area contributed by atoms with E-state index in [-0.39, 0.29) is 0 Å². The van der Waals surface area contributed by atoms with Gasteiger partial charge in [-0.3, -0.25) is 0 Å². The molecule has 0 aromatic heterocycles. The molecule has 14 heavy (non-hydrogen) atoms. The second-order valence-corrected chi connectivity index (χ2v) is 5.16. The van der Waals surface area contributed by atoms with Gasteiger partial charge in [0, 0.05) is 13.1 Å². The van der Waals surface area contributed by atoms with E-state index in [0.29, 0.717) is 0 Å². The van der Waals surface area contributed by atoms with Crippen LogP contribution in [0.3, 0.4) is 0 Å². The lowest BCUT2D eigenvalue weighted by molar-refractivity contribution is 0.348. The first kappa shape index (κ1) is 11.8. The van der Waals surface area contributed by atoms with Crippen molar-refractivity contribution in [3.8, 4) is 0 Å². The Morgan fingerprint density at radius 2 is 1.21 bits per heavy atom. The Hall–Kier alpha value is -0.300. The maximum Gasteiger partial charge on any atom is 0.00159 e. The van der Waals surface area contributed by atoms with Crippen molar-refractivity contribution in [3.05, 3.63) is 11.1 Å². The minimum atomic E-state index is 0.735. The largest absolute Gasteiger partial charge is 0.306 e. The standard InChI is InChI=1S/C13H25N/c1-10(2)12-6-8-14(5)9-7-13(12)11(3)4/h10-11H,6-9H2,1-5H3. The van der Waals surface area contributed by atoms with Crippen LogP contribution in [-0.2, 0) is 0 Å². The molecule has 1 nitrogen and oxygen atoms in total. The molecule has 0 amide bonds. The van der Waals surface area contributed by atoms with Gasteiger partial charge in [-0.1, -0.05) is 38.8 Å². The molecule has 82 valence electrons. The number of nitrogens with zero attached hydrogens (tertiary/aromatic N) is 1. The molecule has 1 aliphatic rings. The van der Waals surface area contributed by atoms with Crippen molar-refractivity contribution in [2.45, 2.75) is 40.5 Å². The van der Waals surface area contributed by atoms with Crippen molar-refractivity contribution in [3.63, 3.8) is 0 Å². The van der Waals surface area contributed by atoms with Crippen LogP contribution in [0.25, 0.3) is 0 Å². The zero-order chi connectivity index (χ0) is 10.7. The molecule has 0 saturated heterocycles. The van der Waals surface area contributed by atoms with Gasteiger partial charge < -0.3 is 4.90 Å². The highest BCUT2D eigenvalue weighted by Crippen LogP contribution is 2.29. The van der Waals surface area contributed by atoms with Crippen LogP contribution in [0, 0.1) is 11.8 Å². The van der Waals surface area contributed by atoms with Gasteiger partial charge in [-0.25, -0.2) is 0 Å². The summed E-state index contributed by atoms with van der Waals surface area (Å²) in [6.07, 6.45) is 2.56. The summed E-state index contributed by atoms with van der Waals surface area (Å²) in [5.74, 6) is 1.47. The number of hydrogen-bond donors (Lipinski definition) is 0. The highest BCUT2D eigenvalue weighted by molar-refractivity contribution is 5.20. The first-order chi connectivity index (χ1) is 6.52. The SMILES string of the molecule is CC(C)C1=C(C(C)C)CCN(C)CC1. The topological polar surface area (TPSA) is 3.24 Å². The van der Waals surface area contributed by atoms with E-state index in [2.05, 4.69) is 39.6 Å². The molecule has 0 fully saturated rings. The van der Waals surface area contributed by atoms with E-state index in [1.165, 1.54) is 25.9 Å². The van der Waals surface area contributed by atoms with Crippen molar-refractivity contribution in [2.75, 3.05) is 20.1 Å². The summed E-state index contributed by atoms with van der Waals surface area (Å²) in [5, 5.41) is 0. The van der Waals surface area contributed by atoms with Gasteiger partial charge in [-0.15, -0.1) is 0 Å². The van der Waals surface area contributed by atoms with E-state index in [0.717, 1.165) is 11.8 Å². The summed E-state index contributed by atoms with van der Waals surface area (Å²) in [7, 11) is 2.24. The lowest BCUT2D eigenvalue weighted by Gasteiger charge is -2.18. The first-order valence-electron chi connectivity index (χ1n) is 5.92. The molecule has 0 saturated carbocycles.